The summed E-state index contributed by atoms with van der Waals surface area (Å²) in [6.07, 6.45) is 1.69. The van der Waals surface area contributed by atoms with Crippen LogP contribution in [-0.2, 0) is 16.0 Å². The van der Waals surface area contributed by atoms with E-state index >= 15 is 0 Å². The number of likely N-dealkylation sites (tertiary alicyclic amines) is 1. The van der Waals surface area contributed by atoms with E-state index in [1.54, 1.807) is 12.1 Å². The van der Waals surface area contributed by atoms with Crippen molar-refractivity contribution in [1.82, 2.24) is 10.2 Å². The van der Waals surface area contributed by atoms with Gasteiger partial charge in [0.1, 0.15) is 5.82 Å². The Morgan fingerprint density at radius 2 is 2.00 bits per heavy atom. The molecule has 5 heteroatoms. The molecule has 2 rings (SSSR count). The Morgan fingerprint density at radius 3 is 2.62 bits per heavy atom. The third-order valence-electron chi connectivity index (χ3n) is 3.93. The third kappa shape index (κ3) is 3.67. The Morgan fingerprint density at radius 1 is 1.33 bits per heavy atom. The number of imide groups is 1. The molecule has 21 heavy (non-hydrogen) atoms. The number of nitrogens with zero attached hydrogens (tertiary/aromatic N) is 1. The number of benzene rings is 1. The van der Waals surface area contributed by atoms with Gasteiger partial charge < -0.3 is 5.32 Å². The molecular formula is C16H21FN2O2. The summed E-state index contributed by atoms with van der Waals surface area (Å²) in [7, 11) is 0. The first-order valence-electron chi connectivity index (χ1n) is 7.36. The first-order valence-corrected chi connectivity index (χ1v) is 7.36. The van der Waals surface area contributed by atoms with Crippen LogP contribution in [0.25, 0.3) is 0 Å². The van der Waals surface area contributed by atoms with Crippen molar-refractivity contribution in [3.63, 3.8) is 0 Å². The molecule has 0 aliphatic carbocycles. The zero-order valence-electron chi connectivity index (χ0n) is 12.4. The summed E-state index contributed by atoms with van der Waals surface area (Å²) < 4.78 is 12.8. The maximum Gasteiger partial charge on any atom is 0.247 e. The highest BCUT2D eigenvalue weighted by Crippen LogP contribution is 2.18. The summed E-state index contributed by atoms with van der Waals surface area (Å²) in [4.78, 5) is 25.5. The van der Waals surface area contributed by atoms with Crippen molar-refractivity contribution in [1.29, 1.82) is 0 Å². The Kier molecular flexibility index (Phi) is 5.07. The standard InChI is InChI=1S/C16H21FN2O2/c1-3-11(2)19-15(20)10-14(16(19)21)18-9-8-12-4-6-13(17)7-5-12/h4-7,11,14,18H,3,8-10H2,1-2H3. The first-order chi connectivity index (χ1) is 10.0. The molecule has 2 unspecified atom stereocenters. The molecule has 1 aromatic rings. The van der Waals surface area contributed by atoms with E-state index in [1.165, 1.54) is 17.0 Å². The van der Waals surface area contributed by atoms with Crippen molar-refractivity contribution in [3.8, 4) is 0 Å². The number of halogens is 1. The van der Waals surface area contributed by atoms with Crippen LogP contribution in [0.1, 0.15) is 32.3 Å². The molecule has 1 aromatic carbocycles. The molecule has 1 aliphatic heterocycles. The highest BCUT2D eigenvalue weighted by atomic mass is 19.1. The van der Waals surface area contributed by atoms with Gasteiger partial charge in [-0.05, 0) is 44.0 Å². The molecule has 4 nitrogen and oxygen atoms in total. The maximum absolute atomic E-state index is 12.8. The zero-order chi connectivity index (χ0) is 15.4. The van der Waals surface area contributed by atoms with E-state index in [-0.39, 0.29) is 30.1 Å². The molecule has 0 aromatic heterocycles. The van der Waals surface area contributed by atoms with E-state index < -0.39 is 6.04 Å². The van der Waals surface area contributed by atoms with Crippen molar-refractivity contribution >= 4 is 11.8 Å². The number of hydrogen-bond donors (Lipinski definition) is 1. The molecular weight excluding hydrogens is 271 g/mol. The van der Waals surface area contributed by atoms with Crippen LogP contribution in [0.15, 0.2) is 24.3 Å². The number of rotatable bonds is 6. The summed E-state index contributed by atoms with van der Waals surface area (Å²) in [5.41, 5.74) is 0.999. The average Bonchev–Trinajstić information content (AvgIpc) is 2.75. The van der Waals surface area contributed by atoms with Crippen LogP contribution in [0.2, 0.25) is 0 Å². The van der Waals surface area contributed by atoms with Gasteiger partial charge in [-0.1, -0.05) is 19.1 Å². The molecule has 1 N–H and O–H groups in total. The predicted octanol–water partition coefficient (Wildman–Crippen LogP) is 1.88. The van der Waals surface area contributed by atoms with Gasteiger partial charge in [-0.15, -0.1) is 0 Å². The lowest BCUT2D eigenvalue weighted by molar-refractivity contribution is -0.141. The number of hydrogen-bond acceptors (Lipinski definition) is 3. The van der Waals surface area contributed by atoms with Gasteiger partial charge in [0.2, 0.25) is 11.8 Å². The Labute approximate surface area is 124 Å². The van der Waals surface area contributed by atoms with E-state index in [0.717, 1.165) is 12.0 Å². The Hall–Kier alpha value is -1.75. The predicted molar refractivity (Wildman–Crippen MR) is 78.1 cm³/mol. The van der Waals surface area contributed by atoms with Crippen molar-refractivity contribution in [2.75, 3.05) is 6.54 Å². The molecule has 0 spiro atoms. The fourth-order valence-electron chi connectivity index (χ4n) is 2.50. The summed E-state index contributed by atoms with van der Waals surface area (Å²) in [6, 6.07) is 5.82. The minimum atomic E-state index is -0.424. The lowest BCUT2D eigenvalue weighted by Gasteiger charge is -2.21. The summed E-state index contributed by atoms with van der Waals surface area (Å²) in [5, 5.41) is 3.13. The van der Waals surface area contributed by atoms with Gasteiger partial charge in [0.15, 0.2) is 0 Å². The second kappa shape index (κ2) is 6.80. The van der Waals surface area contributed by atoms with Crippen molar-refractivity contribution < 1.29 is 14.0 Å². The maximum atomic E-state index is 12.8. The van der Waals surface area contributed by atoms with Gasteiger partial charge in [0.05, 0.1) is 12.5 Å². The van der Waals surface area contributed by atoms with Crippen molar-refractivity contribution in [2.24, 2.45) is 0 Å². The van der Waals surface area contributed by atoms with Gasteiger partial charge in [0.25, 0.3) is 0 Å². The lowest BCUT2D eigenvalue weighted by Crippen LogP contribution is -2.43. The third-order valence-corrected chi connectivity index (χ3v) is 3.93. The zero-order valence-corrected chi connectivity index (χ0v) is 12.4. The minimum absolute atomic E-state index is 0.0473. The van der Waals surface area contributed by atoms with E-state index in [2.05, 4.69) is 5.32 Å². The monoisotopic (exact) mass is 292 g/mol. The van der Waals surface area contributed by atoms with Crippen molar-refractivity contribution in [3.05, 3.63) is 35.6 Å². The molecule has 1 fully saturated rings. The Balaban J connectivity index is 1.85. The van der Waals surface area contributed by atoms with Crippen LogP contribution in [-0.4, -0.2) is 35.3 Å². The summed E-state index contributed by atoms with van der Waals surface area (Å²) >= 11 is 0. The van der Waals surface area contributed by atoms with Crippen molar-refractivity contribution in [2.45, 2.75) is 45.2 Å². The molecule has 1 heterocycles. The quantitative estimate of drug-likeness (QED) is 0.815. The van der Waals surface area contributed by atoms with Crippen LogP contribution in [0.4, 0.5) is 4.39 Å². The van der Waals surface area contributed by atoms with E-state index in [1.807, 2.05) is 13.8 Å². The summed E-state index contributed by atoms with van der Waals surface area (Å²) in [6.45, 7) is 4.43. The van der Waals surface area contributed by atoms with Gasteiger partial charge in [0, 0.05) is 6.04 Å². The fraction of sp³-hybridized carbons (Fsp3) is 0.500. The normalized spacial score (nSPS) is 20.1. The molecule has 0 saturated carbocycles. The van der Waals surface area contributed by atoms with Crippen LogP contribution in [0.3, 0.4) is 0 Å². The average molecular weight is 292 g/mol. The SMILES string of the molecule is CCC(C)N1C(=O)CC(NCCc2ccc(F)cc2)C1=O. The van der Waals surface area contributed by atoms with Gasteiger partial charge in [-0.3, -0.25) is 14.5 Å². The van der Waals surface area contributed by atoms with Gasteiger partial charge in [-0.25, -0.2) is 4.39 Å². The van der Waals surface area contributed by atoms with E-state index in [9.17, 15) is 14.0 Å². The highest BCUT2D eigenvalue weighted by Gasteiger charge is 2.40. The largest absolute Gasteiger partial charge is 0.305 e. The molecule has 1 aliphatic rings. The van der Waals surface area contributed by atoms with Crippen LogP contribution < -0.4 is 5.32 Å². The Bertz CT molecular complexity index is 516. The molecule has 0 bridgehead atoms. The number of carbonyl (C=O) groups excluding carboxylic acids is 2. The highest BCUT2D eigenvalue weighted by molar-refractivity contribution is 6.05. The molecule has 2 amide bonds. The molecule has 2 atom stereocenters. The van der Waals surface area contributed by atoms with E-state index in [4.69, 9.17) is 0 Å². The smallest absolute Gasteiger partial charge is 0.247 e. The number of nitrogens with one attached hydrogen (secondary N) is 1. The minimum Gasteiger partial charge on any atom is -0.305 e. The van der Waals surface area contributed by atoms with Crippen LogP contribution in [0, 0.1) is 5.82 Å². The van der Waals surface area contributed by atoms with Gasteiger partial charge in [-0.2, -0.15) is 0 Å². The molecule has 1 saturated heterocycles. The topological polar surface area (TPSA) is 49.4 Å². The summed E-state index contributed by atoms with van der Waals surface area (Å²) in [5.74, 6) is -0.491. The van der Waals surface area contributed by atoms with Crippen LogP contribution >= 0.6 is 0 Å². The molecule has 114 valence electrons. The second-order valence-corrected chi connectivity index (χ2v) is 5.45. The van der Waals surface area contributed by atoms with E-state index in [0.29, 0.717) is 13.0 Å². The first kappa shape index (κ1) is 15.6. The van der Waals surface area contributed by atoms with Gasteiger partial charge >= 0.3 is 0 Å². The number of amides is 2. The fourth-order valence-corrected chi connectivity index (χ4v) is 2.50. The lowest BCUT2D eigenvalue weighted by atomic mass is 10.1. The second-order valence-electron chi connectivity index (χ2n) is 5.45. The number of carbonyl (C=O) groups is 2. The van der Waals surface area contributed by atoms with Crippen LogP contribution in [0.5, 0.6) is 0 Å². The molecule has 0 radical (unpaired) electrons.